The molecule has 2 aliphatic rings. The van der Waals surface area contributed by atoms with E-state index >= 15 is 0 Å². The van der Waals surface area contributed by atoms with E-state index < -0.39 is 0 Å². The zero-order valence-corrected chi connectivity index (χ0v) is 14.9. The van der Waals surface area contributed by atoms with E-state index in [9.17, 15) is 4.79 Å². The van der Waals surface area contributed by atoms with Crippen LogP contribution in [-0.2, 0) is 14.9 Å². The van der Waals surface area contributed by atoms with Crippen LogP contribution < -0.4 is 11.1 Å². The number of benzene rings is 1. The molecule has 0 radical (unpaired) electrons. The van der Waals surface area contributed by atoms with E-state index in [1.54, 1.807) is 0 Å². The number of amides is 1. The van der Waals surface area contributed by atoms with Crippen molar-refractivity contribution in [3.05, 3.63) is 34.9 Å². The second kappa shape index (κ2) is 7.85. The lowest BCUT2D eigenvalue weighted by molar-refractivity contribution is -0.126. The van der Waals surface area contributed by atoms with Crippen molar-refractivity contribution >= 4 is 17.5 Å². The maximum absolute atomic E-state index is 12.7. The summed E-state index contributed by atoms with van der Waals surface area (Å²) < 4.78 is 5.56. The normalized spacial score (nSPS) is 26.2. The highest BCUT2D eigenvalue weighted by Gasteiger charge is 2.37. The lowest BCUT2D eigenvalue weighted by Crippen LogP contribution is -2.46. The molecule has 2 atom stereocenters. The van der Waals surface area contributed by atoms with Crippen LogP contribution >= 0.6 is 11.6 Å². The highest BCUT2D eigenvalue weighted by atomic mass is 35.5. The summed E-state index contributed by atoms with van der Waals surface area (Å²) in [5.74, 6) is 0.589. The Balaban J connectivity index is 1.70. The van der Waals surface area contributed by atoms with Crippen molar-refractivity contribution in [1.29, 1.82) is 0 Å². The van der Waals surface area contributed by atoms with Gasteiger partial charge in [-0.05, 0) is 55.8 Å². The molecule has 0 unspecified atom stereocenters. The Hall–Kier alpha value is -1.10. The summed E-state index contributed by atoms with van der Waals surface area (Å²) in [6, 6.07) is 8.02. The molecule has 132 valence electrons. The SMILES string of the molecule is NC[C@H]1CCC[C@H]1C(=O)NCC1(c2ccc(Cl)cc2)CCOCC1. The Morgan fingerprint density at radius 1 is 1.25 bits per heavy atom. The minimum Gasteiger partial charge on any atom is -0.381 e. The van der Waals surface area contributed by atoms with Gasteiger partial charge in [0.15, 0.2) is 0 Å². The molecule has 1 aliphatic carbocycles. The summed E-state index contributed by atoms with van der Waals surface area (Å²) in [7, 11) is 0. The Morgan fingerprint density at radius 2 is 1.96 bits per heavy atom. The van der Waals surface area contributed by atoms with E-state index in [0.29, 0.717) is 19.0 Å². The molecule has 1 aromatic carbocycles. The average molecular weight is 351 g/mol. The minimum atomic E-state index is -0.0602. The zero-order valence-electron chi connectivity index (χ0n) is 14.1. The Morgan fingerprint density at radius 3 is 2.62 bits per heavy atom. The zero-order chi connectivity index (χ0) is 17.0. The van der Waals surface area contributed by atoms with Crippen molar-refractivity contribution in [1.82, 2.24) is 5.32 Å². The summed E-state index contributed by atoms with van der Waals surface area (Å²) >= 11 is 6.04. The number of carbonyl (C=O) groups is 1. The second-order valence-electron chi connectivity index (χ2n) is 7.15. The monoisotopic (exact) mass is 350 g/mol. The Kier molecular flexibility index (Phi) is 5.80. The molecule has 3 rings (SSSR count). The standard InChI is InChI=1S/C19H27ClN2O2/c20-16-6-4-15(5-7-16)19(8-10-24-11-9-19)13-22-18(23)17-3-1-2-14(17)12-21/h4-7,14,17H,1-3,8-13,21H2,(H,22,23)/t14-,17-/m1/s1. The molecular weight excluding hydrogens is 324 g/mol. The maximum atomic E-state index is 12.7. The van der Waals surface area contributed by atoms with Crippen molar-refractivity contribution in [2.24, 2.45) is 17.6 Å². The Bertz CT molecular complexity index is 555. The molecule has 1 aromatic rings. The third kappa shape index (κ3) is 3.76. The maximum Gasteiger partial charge on any atom is 0.223 e. The van der Waals surface area contributed by atoms with Crippen molar-refractivity contribution in [3.8, 4) is 0 Å². The molecule has 0 bridgehead atoms. The van der Waals surface area contributed by atoms with Crippen LogP contribution in [-0.4, -0.2) is 32.2 Å². The van der Waals surface area contributed by atoms with Crippen molar-refractivity contribution in [2.45, 2.75) is 37.5 Å². The number of rotatable bonds is 5. The smallest absolute Gasteiger partial charge is 0.223 e. The van der Waals surface area contributed by atoms with E-state index in [2.05, 4.69) is 17.4 Å². The van der Waals surface area contributed by atoms with Gasteiger partial charge in [0.1, 0.15) is 0 Å². The molecular formula is C19H27ClN2O2. The van der Waals surface area contributed by atoms with Crippen LogP contribution in [0.25, 0.3) is 0 Å². The van der Waals surface area contributed by atoms with Gasteiger partial charge < -0.3 is 15.8 Å². The number of hydrogen-bond acceptors (Lipinski definition) is 3. The lowest BCUT2D eigenvalue weighted by Gasteiger charge is -2.38. The minimum absolute atomic E-state index is 0.0602. The topological polar surface area (TPSA) is 64.4 Å². The van der Waals surface area contributed by atoms with Crippen molar-refractivity contribution in [2.75, 3.05) is 26.3 Å². The molecule has 4 nitrogen and oxygen atoms in total. The van der Waals surface area contributed by atoms with E-state index in [1.807, 2.05) is 12.1 Å². The van der Waals surface area contributed by atoms with Crippen LogP contribution in [0.3, 0.4) is 0 Å². The fourth-order valence-electron chi connectivity index (χ4n) is 4.18. The van der Waals surface area contributed by atoms with E-state index in [-0.39, 0.29) is 17.2 Å². The molecule has 0 aromatic heterocycles. The highest BCUT2D eigenvalue weighted by Crippen LogP contribution is 2.36. The lowest BCUT2D eigenvalue weighted by atomic mass is 9.74. The van der Waals surface area contributed by atoms with Gasteiger partial charge in [0.05, 0.1) is 0 Å². The number of hydrogen-bond donors (Lipinski definition) is 2. The molecule has 0 spiro atoms. The fourth-order valence-corrected chi connectivity index (χ4v) is 4.31. The largest absolute Gasteiger partial charge is 0.381 e. The fraction of sp³-hybridized carbons (Fsp3) is 0.632. The van der Waals surface area contributed by atoms with Gasteiger partial charge in [-0.2, -0.15) is 0 Å². The quantitative estimate of drug-likeness (QED) is 0.858. The van der Waals surface area contributed by atoms with E-state index in [4.69, 9.17) is 22.1 Å². The van der Waals surface area contributed by atoms with E-state index in [0.717, 1.165) is 50.3 Å². The predicted octanol–water partition coefficient (Wildman–Crippen LogP) is 2.88. The second-order valence-corrected chi connectivity index (χ2v) is 7.59. The molecule has 1 heterocycles. The van der Waals surface area contributed by atoms with Crippen molar-refractivity contribution in [3.63, 3.8) is 0 Å². The van der Waals surface area contributed by atoms with Gasteiger partial charge in [-0.25, -0.2) is 0 Å². The van der Waals surface area contributed by atoms with Gasteiger partial charge in [0.25, 0.3) is 0 Å². The summed E-state index contributed by atoms with van der Waals surface area (Å²) in [5.41, 5.74) is 7.00. The third-order valence-electron chi connectivity index (χ3n) is 5.81. The summed E-state index contributed by atoms with van der Waals surface area (Å²) in [4.78, 5) is 12.7. The molecule has 1 amide bonds. The molecule has 3 N–H and O–H groups in total. The van der Waals surface area contributed by atoms with Gasteiger partial charge in [-0.3, -0.25) is 4.79 Å². The first-order valence-corrected chi connectivity index (χ1v) is 9.34. The van der Waals surface area contributed by atoms with Crippen LogP contribution in [0, 0.1) is 11.8 Å². The predicted molar refractivity (Wildman–Crippen MR) is 96.1 cm³/mol. The first-order valence-electron chi connectivity index (χ1n) is 8.96. The highest BCUT2D eigenvalue weighted by molar-refractivity contribution is 6.30. The first kappa shape index (κ1) is 17.7. The third-order valence-corrected chi connectivity index (χ3v) is 6.06. The summed E-state index contributed by atoms with van der Waals surface area (Å²) in [6.07, 6.45) is 4.98. The van der Waals surface area contributed by atoms with Gasteiger partial charge >= 0.3 is 0 Å². The van der Waals surface area contributed by atoms with Gasteiger partial charge in [0, 0.05) is 36.1 Å². The molecule has 2 fully saturated rings. The van der Waals surface area contributed by atoms with Crippen LogP contribution in [0.2, 0.25) is 5.02 Å². The van der Waals surface area contributed by atoms with Crippen molar-refractivity contribution < 1.29 is 9.53 Å². The average Bonchev–Trinajstić information content (AvgIpc) is 3.10. The molecule has 1 aliphatic heterocycles. The molecule has 1 saturated carbocycles. The van der Waals surface area contributed by atoms with Crippen LogP contribution in [0.4, 0.5) is 0 Å². The number of nitrogens with one attached hydrogen (secondary N) is 1. The van der Waals surface area contributed by atoms with Gasteiger partial charge in [-0.1, -0.05) is 30.2 Å². The van der Waals surface area contributed by atoms with Crippen LogP contribution in [0.5, 0.6) is 0 Å². The van der Waals surface area contributed by atoms with Crippen LogP contribution in [0.15, 0.2) is 24.3 Å². The van der Waals surface area contributed by atoms with Gasteiger partial charge in [0.2, 0.25) is 5.91 Å². The summed E-state index contributed by atoms with van der Waals surface area (Å²) in [5, 5.41) is 3.97. The molecule has 24 heavy (non-hydrogen) atoms. The summed E-state index contributed by atoms with van der Waals surface area (Å²) in [6.45, 7) is 2.72. The van der Waals surface area contributed by atoms with E-state index in [1.165, 1.54) is 5.56 Å². The van der Waals surface area contributed by atoms with Crippen LogP contribution in [0.1, 0.15) is 37.7 Å². The number of ether oxygens (including phenoxy) is 1. The Labute approximate surface area is 149 Å². The number of carbonyl (C=O) groups excluding carboxylic acids is 1. The number of halogens is 1. The number of nitrogens with two attached hydrogens (primary N) is 1. The first-order chi connectivity index (χ1) is 11.6. The van der Waals surface area contributed by atoms with Gasteiger partial charge in [-0.15, -0.1) is 0 Å². The molecule has 5 heteroatoms. The molecule has 1 saturated heterocycles.